The molecule has 0 saturated carbocycles. The maximum absolute atomic E-state index is 13.8. The molecular weight excluding hydrogens is 720 g/mol. The van der Waals surface area contributed by atoms with Gasteiger partial charge in [-0.05, 0) is 72.2 Å². The van der Waals surface area contributed by atoms with Gasteiger partial charge in [-0.1, -0.05) is 108 Å². The van der Waals surface area contributed by atoms with Crippen molar-refractivity contribution in [2.24, 2.45) is 0 Å². The Hall–Kier alpha value is -5.19. The summed E-state index contributed by atoms with van der Waals surface area (Å²) in [6.07, 6.45) is 1.66. The van der Waals surface area contributed by atoms with Crippen LogP contribution in [0.3, 0.4) is 0 Å². The summed E-state index contributed by atoms with van der Waals surface area (Å²) in [6, 6.07) is 38.2. The second kappa shape index (κ2) is 16.7. The number of benzene rings is 5. The van der Waals surface area contributed by atoms with Crippen LogP contribution in [-0.4, -0.2) is 22.7 Å². The van der Waals surface area contributed by atoms with Crippen molar-refractivity contribution in [2.75, 3.05) is 10.6 Å². The molecule has 0 fully saturated rings. The monoisotopic (exact) mass is 748 g/mol. The van der Waals surface area contributed by atoms with E-state index in [2.05, 4.69) is 20.9 Å². The van der Waals surface area contributed by atoms with Gasteiger partial charge in [-0.15, -0.1) is 23.1 Å². The van der Waals surface area contributed by atoms with Crippen LogP contribution in [-0.2, 0) is 9.59 Å². The Morgan fingerprint density at radius 3 is 2.25 bits per heavy atom. The molecule has 0 bridgehead atoms. The van der Waals surface area contributed by atoms with Crippen LogP contribution < -0.4 is 16.0 Å². The summed E-state index contributed by atoms with van der Waals surface area (Å²) >= 11 is 14.9. The van der Waals surface area contributed by atoms with Gasteiger partial charge in [0.25, 0.3) is 11.8 Å². The Kier molecular flexibility index (Phi) is 11.7. The predicted octanol–water partition coefficient (Wildman–Crippen LogP) is 10.3. The lowest BCUT2D eigenvalue weighted by Crippen LogP contribution is -2.30. The Bertz CT molecular complexity index is 2230. The Labute approximate surface area is 313 Å². The van der Waals surface area contributed by atoms with Gasteiger partial charge >= 0.3 is 0 Å². The highest BCUT2D eigenvalue weighted by atomic mass is 35.5. The summed E-state index contributed by atoms with van der Waals surface area (Å²) in [5, 5.41) is 11.2. The number of halogens is 2. The molecule has 0 spiro atoms. The van der Waals surface area contributed by atoms with E-state index in [1.54, 1.807) is 60.7 Å². The van der Waals surface area contributed by atoms with E-state index in [0.717, 1.165) is 27.1 Å². The summed E-state index contributed by atoms with van der Waals surface area (Å²) in [6.45, 7) is 1.93. The first-order valence-electron chi connectivity index (χ1n) is 15.7. The Morgan fingerprint density at radius 1 is 0.784 bits per heavy atom. The van der Waals surface area contributed by atoms with Crippen LogP contribution in [0.5, 0.6) is 0 Å². The topological polar surface area (TPSA) is 100 Å². The Morgan fingerprint density at radius 2 is 1.51 bits per heavy atom. The molecule has 1 atom stereocenters. The minimum Gasteiger partial charge on any atom is -0.321 e. The summed E-state index contributed by atoms with van der Waals surface area (Å²) in [7, 11) is 0. The number of carbonyl (C=O) groups excluding carboxylic acids is 3. The number of rotatable bonds is 11. The number of nitrogens with one attached hydrogen (secondary N) is 3. The van der Waals surface area contributed by atoms with Gasteiger partial charge in [-0.25, -0.2) is 4.98 Å². The summed E-state index contributed by atoms with van der Waals surface area (Å²) in [4.78, 5) is 46.0. The second-order valence-corrected chi connectivity index (χ2v) is 14.1. The van der Waals surface area contributed by atoms with Crippen molar-refractivity contribution in [1.82, 2.24) is 10.3 Å². The molecule has 0 saturated heterocycles. The molecule has 6 aromatic rings. The highest BCUT2D eigenvalue weighted by molar-refractivity contribution is 8.00. The molecule has 51 heavy (non-hydrogen) atoms. The smallest absolute Gasteiger partial charge is 0.272 e. The molecule has 0 aliphatic carbocycles. The second-order valence-electron chi connectivity index (χ2n) is 11.3. The fourth-order valence-corrected chi connectivity index (χ4v) is 7.12. The third-order valence-electron chi connectivity index (χ3n) is 7.65. The molecule has 6 rings (SSSR count). The van der Waals surface area contributed by atoms with Gasteiger partial charge in [0, 0.05) is 27.1 Å². The van der Waals surface area contributed by atoms with Crippen LogP contribution in [0, 0.1) is 6.92 Å². The van der Waals surface area contributed by atoms with Gasteiger partial charge in [0.15, 0.2) is 5.13 Å². The molecule has 3 N–H and O–H groups in total. The average Bonchev–Trinajstić information content (AvgIpc) is 3.61. The minimum absolute atomic E-state index is 0.0847. The summed E-state index contributed by atoms with van der Waals surface area (Å²) in [5.74, 6) is -1.16. The van der Waals surface area contributed by atoms with E-state index in [0.29, 0.717) is 32.1 Å². The van der Waals surface area contributed by atoms with Gasteiger partial charge in [-0.3, -0.25) is 14.4 Å². The lowest BCUT2D eigenvalue weighted by molar-refractivity contribution is -0.116. The van der Waals surface area contributed by atoms with Crippen molar-refractivity contribution in [2.45, 2.75) is 17.1 Å². The highest BCUT2D eigenvalue weighted by Crippen LogP contribution is 2.38. The van der Waals surface area contributed by atoms with Crippen LogP contribution in [0.4, 0.5) is 10.8 Å². The number of nitrogens with zero attached hydrogens (tertiary/aromatic N) is 1. The number of thiazole rings is 1. The molecule has 1 unspecified atom stereocenters. The predicted molar refractivity (Wildman–Crippen MR) is 209 cm³/mol. The van der Waals surface area contributed by atoms with Gasteiger partial charge in [-0.2, -0.15) is 0 Å². The van der Waals surface area contributed by atoms with Crippen molar-refractivity contribution >= 4 is 80.9 Å². The van der Waals surface area contributed by atoms with Crippen LogP contribution in [0.25, 0.3) is 17.3 Å². The average molecular weight is 750 g/mol. The zero-order chi connectivity index (χ0) is 35.7. The SMILES string of the molecule is Cc1ccccc1/C=C(\NC(=O)c1ccccc1)C(=O)Nc1cccc(SC(C(=O)Nc2nc(-c3ccc(Cl)c(Cl)c3)cs2)c2ccccc2)c1. The fourth-order valence-electron chi connectivity index (χ4n) is 5.02. The molecule has 0 aliphatic rings. The number of hydrogen-bond donors (Lipinski definition) is 3. The zero-order valence-electron chi connectivity index (χ0n) is 27.1. The van der Waals surface area contributed by atoms with Gasteiger partial charge in [0.1, 0.15) is 10.9 Å². The van der Waals surface area contributed by atoms with Crippen molar-refractivity contribution in [3.63, 3.8) is 0 Å². The van der Waals surface area contributed by atoms with Crippen molar-refractivity contribution in [1.29, 1.82) is 0 Å². The quantitative estimate of drug-likeness (QED) is 0.0905. The van der Waals surface area contributed by atoms with Crippen LogP contribution in [0.1, 0.15) is 32.3 Å². The third-order valence-corrected chi connectivity index (χ3v) is 10.4. The van der Waals surface area contributed by atoms with Gasteiger partial charge < -0.3 is 16.0 Å². The molecule has 11 heteroatoms. The van der Waals surface area contributed by atoms with Crippen molar-refractivity contribution in [3.05, 3.63) is 171 Å². The van der Waals surface area contributed by atoms with E-state index in [1.807, 2.05) is 85.1 Å². The normalized spacial score (nSPS) is 11.8. The molecular formula is C40H30Cl2N4O3S2. The number of carbonyl (C=O) groups is 3. The number of hydrogen-bond acceptors (Lipinski definition) is 6. The number of aromatic nitrogens is 1. The van der Waals surface area contributed by atoms with E-state index < -0.39 is 17.1 Å². The number of amides is 3. The van der Waals surface area contributed by atoms with Gasteiger partial charge in [0.05, 0.1) is 15.7 Å². The largest absolute Gasteiger partial charge is 0.321 e. The number of anilines is 2. The fraction of sp³-hybridized carbons (Fsp3) is 0.0500. The molecule has 0 aliphatic heterocycles. The molecule has 254 valence electrons. The van der Waals surface area contributed by atoms with Crippen molar-refractivity contribution in [3.8, 4) is 11.3 Å². The van der Waals surface area contributed by atoms with Crippen LogP contribution in [0.15, 0.2) is 143 Å². The van der Waals surface area contributed by atoms with Crippen molar-refractivity contribution < 1.29 is 14.4 Å². The van der Waals surface area contributed by atoms with E-state index >= 15 is 0 Å². The molecule has 1 heterocycles. The number of aryl methyl sites for hydroxylation is 1. The summed E-state index contributed by atoms with van der Waals surface area (Å²) in [5.41, 5.74) is 4.98. The van der Waals surface area contributed by atoms with Crippen LogP contribution in [0.2, 0.25) is 10.0 Å². The first kappa shape index (κ1) is 35.6. The lowest BCUT2D eigenvalue weighted by Gasteiger charge is -2.17. The maximum atomic E-state index is 13.8. The molecule has 5 aromatic carbocycles. The lowest BCUT2D eigenvalue weighted by atomic mass is 10.1. The highest BCUT2D eigenvalue weighted by Gasteiger charge is 2.24. The zero-order valence-corrected chi connectivity index (χ0v) is 30.2. The third kappa shape index (κ3) is 9.33. The molecule has 7 nitrogen and oxygen atoms in total. The van der Waals surface area contributed by atoms with E-state index in [9.17, 15) is 14.4 Å². The van der Waals surface area contributed by atoms with E-state index in [-0.39, 0.29) is 11.6 Å². The Balaban J connectivity index is 1.21. The first-order chi connectivity index (χ1) is 24.7. The van der Waals surface area contributed by atoms with Crippen LogP contribution >= 0.6 is 46.3 Å². The number of thioether (sulfide) groups is 1. The van der Waals surface area contributed by atoms with E-state index in [1.165, 1.54) is 23.1 Å². The molecule has 1 aromatic heterocycles. The summed E-state index contributed by atoms with van der Waals surface area (Å²) < 4.78 is 0. The standard InChI is InChI=1S/C40H30Cl2N4O3S2/c1-25-11-8-9-16-28(25)22-34(44-37(47)27-14-6-3-7-15-27)38(48)43-30-17-10-18-31(23-30)51-36(26-12-4-2-5-13-26)39(49)46-40-45-35(24-50-40)29-19-20-32(41)33(42)21-29/h2-24,36H,1H3,(H,43,48)(H,44,47)(H,45,46,49)/b34-22-. The minimum atomic E-state index is -0.642. The first-order valence-corrected chi connectivity index (χ1v) is 18.2. The molecule has 0 radical (unpaired) electrons. The van der Waals surface area contributed by atoms with Gasteiger partial charge in [0.2, 0.25) is 5.91 Å². The van der Waals surface area contributed by atoms with E-state index in [4.69, 9.17) is 23.2 Å². The maximum Gasteiger partial charge on any atom is 0.272 e. The molecule has 3 amide bonds.